The van der Waals surface area contributed by atoms with Gasteiger partial charge in [-0.1, -0.05) is 32.4 Å². The molecule has 0 spiro atoms. The molecular formula is C24H36O5. The van der Waals surface area contributed by atoms with Crippen molar-refractivity contribution in [2.75, 3.05) is 0 Å². The third-order valence-corrected chi connectivity index (χ3v) is 9.60. The summed E-state index contributed by atoms with van der Waals surface area (Å²) < 4.78 is 5.53. The maximum atomic E-state index is 12.7. The molecule has 5 nitrogen and oxygen atoms in total. The molecule has 2 unspecified atom stereocenters. The molecule has 8 atom stereocenters. The molecule has 0 aromatic carbocycles. The maximum absolute atomic E-state index is 12.7. The Morgan fingerprint density at radius 1 is 1.14 bits per heavy atom. The van der Waals surface area contributed by atoms with Gasteiger partial charge in [-0.05, 0) is 74.5 Å². The van der Waals surface area contributed by atoms with Gasteiger partial charge in [-0.15, -0.1) is 0 Å². The van der Waals surface area contributed by atoms with Crippen molar-refractivity contribution in [3.8, 4) is 0 Å². The van der Waals surface area contributed by atoms with Gasteiger partial charge in [-0.3, -0.25) is 14.8 Å². The van der Waals surface area contributed by atoms with E-state index in [1.807, 2.05) is 0 Å². The highest BCUT2D eigenvalue weighted by Gasteiger charge is 2.69. The second kappa shape index (κ2) is 6.91. The van der Waals surface area contributed by atoms with Gasteiger partial charge in [0.05, 0.1) is 0 Å². The fourth-order valence-electron chi connectivity index (χ4n) is 8.30. The van der Waals surface area contributed by atoms with E-state index in [1.54, 1.807) is 6.92 Å². The van der Waals surface area contributed by atoms with Crippen LogP contribution in [0.5, 0.6) is 0 Å². The molecule has 4 aliphatic rings. The van der Waals surface area contributed by atoms with Crippen LogP contribution < -0.4 is 0 Å². The number of carbonyl (C=O) groups excluding carboxylic acids is 2. The van der Waals surface area contributed by atoms with Crippen LogP contribution in [-0.2, 0) is 19.2 Å². The first kappa shape index (κ1) is 21.0. The number of carbonyl (C=O) groups is 2. The van der Waals surface area contributed by atoms with Gasteiger partial charge in [-0.2, -0.15) is 0 Å². The summed E-state index contributed by atoms with van der Waals surface area (Å²) in [7, 11) is 0. The molecule has 3 saturated carbocycles. The van der Waals surface area contributed by atoms with Gasteiger partial charge in [0.2, 0.25) is 0 Å². The molecule has 29 heavy (non-hydrogen) atoms. The van der Waals surface area contributed by atoms with Crippen LogP contribution in [0.2, 0.25) is 0 Å². The molecular weight excluding hydrogens is 368 g/mol. The maximum Gasteiger partial charge on any atom is 0.302 e. The Labute approximate surface area is 174 Å². The Bertz CT molecular complexity index is 744. The molecule has 0 amide bonds. The highest BCUT2D eigenvalue weighted by molar-refractivity contribution is 5.87. The molecule has 0 aliphatic heterocycles. The Hall–Kier alpha value is -1.20. The van der Waals surface area contributed by atoms with E-state index in [9.17, 15) is 14.8 Å². The summed E-state index contributed by atoms with van der Waals surface area (Å²) in [5.74, 6) is 1.23. The SMILES string of the molecule is CC(=O)O[C@H]1CC[C@@]2(C)C(=CC[C@@H]3C2CC[C@@]2(C)C3C[C@@H](C)[C@]2(OO)C(C)=O)C1. The van der Waals surface area contributed by atoms with Gasteiger partial charge in [0.25, 0.3) is 0 Å². The number of ketones is 1. The van der Waals surface area contributed by atoms with Gasteiger partial charge in [-0.25, -0.2) is 4.89 Å². The van der Waals surface area contributed by atoms with Gasteiger partial charge >= 0.3 is 5.97 Å². The number of allylic oxidation sites excluding steroid dienone is 1. The quantitative estimate of drug-likeness (QED) is 0.312. The summed E-state index contributed by atoms with van der Waals surface area (Å²) in [5, 5.41) is 9.92. The smallest absolute Gasteiger partial charge is 0.302 e. The molecule has 5 heteroatoms. The van der Waals surface area contributed by atoms with Crippen LogP contribution in [0.15, 0.2) is 11.6 Å². The van der Waals surface area contributed by atoms with Crippen molar-refractivity contribution in [1.29, 1.82) is 0 Å². The molecule has 0 aromatic heterocycles. The number of fused-ring (bicyclic) bond motifs is 5. The van der Waals surface area contributed by atoms with Gasteiger partial charge in [0, 0.05) is 18.8 Å². The van der Waals surface area contributed by atoms with Crippen molar-refractivity contribution in [3.63, 3.8) is 0 Å². The highest BCUT2D eigenvalue weighted by Crippen LogP contribution is 2.69. The predicted octanol–water partition coefficient (Wildman–Crippen LogP) is 4.94. The van der Waals surface area contributed by atoms with Crippen molar-refractivity contribution < 1.29 is 24.5 Å². The van der Waals surface area contributed by atoms with Gasteiger partial charge in [0.15, 0.2) is 11.4 Å². The summed E-state index contributed by atoms with van der Waals surface area (Å²) in [5.41, 5.74) is 0.193. The molecule has 0 aromatic rings. The van der Waals surface area contributed by atoms with E-state index in [0.29, 0.717) is 17.8 Å². The van der Waals surface area contributed by atoms with E-state index in [1.165, 1.54) is 12.5 Å². The van der Waals surface area contributed by atoms with Crippen molar-refractivity contribution in [2.24, 2.45) is 34.5 Å². The Morgan fingerprint density at radius 2 is 1.86 bits per heavy atom. The minimum Gasteiger partial charge on any atom is -0.462 e. The molecule has 0 radical (unpaired) electrons. The second-order valence-corrected chi connectivity index (χ2v) is 10.7. The normalized spacial score (nSPS) is 48.8. The average Bonchev–Trinajstić information content (AvgIpc) is 2.88. The zero-order valence-corrected chi connectivity index (χ0v) is 18.5. The fraction of sp³-hybridized carbons (Fsp3) is 0.833. The largest absolute Gasteiger partial charge is 0.462 e. The molecule has 162 valence electrons. The van der Waals surface area contributed by atoms with E-state index in [4.69, 9.17) is 9.62 Å². The lowest BCUT2D eigenvalue weighted by molar-refractivity contribution is -0.347. The zero-order chi connectivity index (χ0) is 21.2. The Balaban J connectivity index is 1.65. The summed E-state index contributed by atoms with van der Waals surface area (Å²) >= 11 is 0. The van der Waals surface area contributed by atoms with Crippen LogP contribution in [0.3, 0.4) is 0 Å². The van der Waals surface area contributed by atoms with Gasteiger partial charge in [0.1, 0.15) is 6.10 Å². The topological polar surface area (TPSA) is 72.8 Å². The summed E-state index contributed by atoms with van der Waals surface area (Å²) in [4.78, 5) is 29.2. The minimum atomic E-state index is -1.08. The van der Waals surface area contributed by atoms with Crippen molar-refractivity contribution >= 4 is 11.8 Å². The Morgan fingerprint density at radius 3 is 2.48 bits per heavy atom. The minimum absolute atomic E-state index is 0.0108. The van der Waals surface area contributed by atoms with E-state index in [-0.39, 0.29) is 34.6 Å². The molecule has 1 N–H and O–H groups in total. The molecule has 0 saturated heterocycles. The van der Waals surface area contributed by atoms with Crippen LogP contribution in [0.25, 0.3) is 0 Å². The highest BCUT2D eigenvalue weighted by atomic mass is 17.1. The second-order valence-electron chi connectivity index (χ2n) is 10.7. The number of hydrogen-bond acceptors (Lipinski definition) is 5. The van der Waals surface area contributed by atoms with Crippen molar-refractivity contribution in [1.82, 2.24) is 0 Å². The van der Waals surface area contributed by atoms with Crippen LogP contribution in [0.1, 0.15) is 79.6 Å². The average molecular weight is 405 g/mol. The summed E-state index contributed by atoms with van der Waals surface area (Å²) in [6.45, 7) is 9.71. The first-order chi connectivity index (χ1) is 13.6. The number of hydrogen-bond donors (Lipinski definition) is 1. The van der Waals surface area contributed by atoms with E-state index < -0.39 is 5.60 Å². The molecule has 3 fully saturated rings. The standard InChI is InChI=1S/C24H36O5/c1-14-12-21-19-7-6-17-13-18(28-16(3)26)8-10-22(17,4)20(19)9-11-23(21,5)24(14,29-27)15(2)25/h6,14,18-21,27H,7-13H2,1-5H3/t14-,18+,19-,20?,21?,22+,23+,24+/m1/s1. The fourth-order valence-corrected chi connectivity index (χ4v) is 8.30. The number of rotatable bonds is 3. The van der Waals surface area contributed by atoms with E-state index in [2.05, 4.69) is 26.8 Å². The lowest BCUT2D eigenvalue weighted by Crippen LogP contribution is -2.59. The summed E-state index contributed by atoms with van der Waals surface area (Å²) in [6.07, 6.45) is 9.13. The first-order valence-electron chi connectivity index (χ1n) is 11.3. The van der Waals surface area contributed by atoms with Crippen LogP contribution in [0.4, 0.5) is 0 Å². The third-order valence-electron chi connectivity index (χ3n) is 9.60. The number of esters is 1. The monoisotopic (exact) mass is 404 g/mol. The predicted molar refractivity (Wildman–Crippen MR) is 109 cm³/mol. The van der Waals surface area contributed by atoms with Crippen LogP contribution >= 0.6 is 0 Å². The van der Waals surface area contributed by atoms with Crippen molar-refractivity contribution in [3.05, 3.63) is 11.6 Å². The lowest BCUT2D eigenvalue weighted by atomic mass is 9.46. The zero-order valence-electron chi connectivity index (χ0n) is 18.5. The van der Waals surface area contributed by atoms with Crippen LogP contribution in [0, 0.1) is 34.5 Å². The summed E-state index contributed by atoms with van der Waals surface area (Å²) in [6, 6.07) is 0. The number of ether oxygens (including phenoxy) is 1. The van der Waals surface area contributed by atoms with Crippen molar-refractivity contribution in [2.45, 2.75) is 91.3 Å². The molecule has 0 heterocycles. The van der Waals surface area contributed by atoms with Crippen LogP contribution in [-0.4, -0.2) is 28.7 Å². The molecule has 0 bridgehead atoms. The third kappa shape index (κ3) is 2.72. The molecule has 4 rings (SSSR count). The Kier molecular flexibility index (Phi) is 5.02. The van der Waals surface area contributed by atoms with Gasteiger partial charge < -0.3 is 4.74 Å². The first-order valence-corrected chi connectivity index (χ1v) is 11.3. The number of Topliss-reactive ketones (excluding diaryl/α,β-unsaturated/α-hetero) is 1. The van der Waals surface area contributed by atoms with E-state index >= 15 is 0 Å². The molecule has 4 aliphatic carbocycles. The lowest BCUT2D eigenvalue weighted by Gasteiger charge is -2.58. The van der Waals surface area contributed by atoms with E-state index in [0.717, 1.165) is 44.9 Å².